The lowest BCUT2D eigenvalue weighted by molar-refractivity contribution is 0.130. The largest absolute Gasteiger partial charge is 0.338 e. The predicted molar refractivity (Wildman–Crippen MR) is 103 cm³/mol. The molecule has 2 aromatic heterocycles. The van der Waals surface area contributed by atoms with Crippen molar-refractivity contribution in [1.82, 2.24) is 35.1 Å². The third kappa shape index (κ3) is 3.95. The summed E-state index contributed by atoms with van der Waals surface area (Å²) < 4.78 is 2.14. The average Bonchev–Trinajstić information content (AvgIpc) is 3.19. The van der Waals surface area contributed by atoms with E-state index in [1.54, 1.807) is 0 Å². The topological polar surface area (TPSA) is 75.9 Å². The van der Waals surface area contributed by atoms with E-state index in [1.807, 2.05) is 18.5 Å². The number of rotatable bonds is 5. The molecular formula is C19H30N8. The van der Waals surface area contributed by atoms with E-state index in [0.717, 1.165) is 38.0 Å². The molecule has 3 heterocycles. The van der Waals surface area contributed by atoms with Gasteiger partial charge in [0.25, 0.3) is 0 Å². The van der Waals surface area contributed by atoms with Crippen LogP contribution in [0.4, 0.5) is 5.95 Å². The molecular weight excluding hydrogens is 340 g/mol. The van der Waals surface area contributed by atoms with Gasteiger partial charge in [0.15, 0.2) is 5.82 Å². The molecule has 0 spiro atoms. The summed E-state index contributed by atoms with van der Waals surface area (Å²) in [5.74, 6) is 2.32. The van der Waals surface area contributed by atoms with Crippen LogP contribution in [0.1, 0.15) is 63.9 Å². The van der Waals surface area contributed by atoms with Crippen LogP contribution in [0.15, 0.2) is 18.5 Å². The number of hydrogen-bond donors (Lipinski definition) is 0. The van der Waals surface area contributed by atoms with E-state index in [2.05, 4.69) is 53.8 Å². The molecule has 0 aromatic carbocycles. The van der Waals surface area contributed by atoms with Crippen molar-refractivity contribution in [2.24, 2.45) is 5.92 Å². The van der Waals surface area contributed by atoms with Crippen LogP contribution in [0.3, 0.4) is 0 Å². The molecule has 0 N–H and O–H groups in total. The minimum absolute atomic E-state index is 0.251. The van der Waals surface area contributed by atoms with Crippen LogP contribution in [-0.4, -0.2) is 61.3 Å². The Hall–Kier alpha value is -2.09. The van der Waals surface area contributed by atoms with Gasteiger partial charge in [-0.15, -0.1) is 5.10 Å². The molecule has 1 aliphatic heterocycles. The van der Waals surface area contributed by atoms with Crippen LogP contribution >= 0.6 is 0 Å². The van der Waals surface area contributed by atoms with Gasteiger partial charge in [0, 0.05) is 38.6 Å². The molecule has 0 radical (unpaired) electrons. The lowest BCUT2D eigenvalue weighted by atomic mass is 9.94. The lowest BCUT2D eigenvalue weighted by Gasteiger charge is -2.40. The fourth-order valence-corrected chi connectivity index (χ4v) is 4.52. The van der Waals surface area contributed by atoms with E-state index in [4.69, 9.17) is 0 Å². The lowest BCUT2D eigenvalue weighted by Crippen LogP contribution is -2.49. The Balaban J connectivity index is 1.49. The summed E-state index contributed by atoms with van der Waals surface area (Å²) in [4.78, 5) is 13.6. The van der Waals surface area contributed by atoms with E-state index in [0.29, 0.717) is 12.0 Å². The number of nitrogens with zero attached hydrogens (tertiary/aromatic N) is 8. The Kier molecular flexibility index (Phi) is 5.61. The van der Waals surface area contributed by atoms with Crippen molar-refractivity contribution in [2.75, 3.05) is 31.1 Å². The highest BCUT2D eigenvalue weighted by molar-refractivity contribution is 5.29. The first-order chi connectivity index (χ1) is 13.2. The van der Waals surface area contributed by atoms with Gasteiger partial charge in [0.1, 0.15) is 0 Å². The van der Waals surface area contributed by atoms with Crippen LogP contribution in [0, 0.1) is 5.92 Å². The second kappa shape index (κ2) is 8.29. The molecule has 8 heteroatoms. The summed E-state index contributed by atoms with van der Waals surface area (Å²) in [7, 11) is 0. The second-order valence-corrected chi connectivity index (χ2v) is 8.03. The maximum Gasteiger partial charge on any atom is 0.225 e. The van der Waals surface area contributed by atoms with E-state index in [1.165, 1.54) is 32.1 Å². The van der Waals surface area contributed by atoms with Gasteiger partial charge in [-0.2, -0.15) is 0 Å². The van der Waals surface area contributed by atoms with Crippen LogP contribution in [0.2, 0.25) is 0 Å². The number of anilines is 1. The quantitative estimate of drug-likeness (QED) is 0.800. The molecule has 27 heavy (non-hydrogen) atoms. The molecule has 2 aliphatic rings. The molecule has 1 atom stereocenters. The van der Waals surface area contributed by atoms with E-state index < -0.39 is 0 Å². The third-order valence-electron chi connectivity index (χ3n) is 5.88. The molecule has 1 aliphatic carbocycles. The minimum atomic E-state index is 0.251. The van der Waals surface area contributed by atoms with E-state index in [9.17, 15) is 0 Å². The van der Waals surface area contributed by atoms with Crippen molar-refractivity contribution in [3.63, 3.8) is 0 Å². The fourth-order valence-electron chi connectivity index (χ4n) is 4.52. The Labute approximate surface area is 161 Å². The first kappa shape index (κ1) is 18.3. The van der Waals surface area contributed by atoms with Crippen LogP contribution < -0.4 is 4.90 Å². The summed E-state index contributed by atoms with van der Waals surface area (Å²) >= 11 is 0. The van der Waals surface area contributed by atoms with Gasteiger partial charge in [0.05, 0.1) is 12.1 Å². The van der Waals surface area contributed by atoms with Crippen LogP contribution in [0.25, 0.3) is 0 Å². The monoisotopic (exact) mass is 370 g/mol. The van der Waals surface area contributed by atoms with Crippen molar-refractivity contribution in [1.29, 1.82) is 0 Å². The fraction of sp³-hybridized carbons (Fsp3) is 0.737. The molecule has 4 rings (SSSR count). The second-order valence-electron chi connectivity index (χ2n) is 8.03. The van der Waals surface area contributed by atoms with E-state index in [-0.39, 0.29) is 6.04 Å². The van der Waals surface area contributed by atoms with Crippen LogP contribution in [-0.2, 0) is 0 Å². The van der Waals surface area contributed by atoms with Crippen molar-refractivity contribution in [3.05, 3.63) is 24.3 Å². The summed E-state index contributed by atoms with van der Waals surface area (Å²) in [5.41, 5.74) is 0. The zero-order chi connectivity index (χ0) is 18.6. The summed E-state index contributed by atoms with van der Waals surface area (Å²) in [6.07, 6.45) is 9.92. The highest BCUT2D eigenvalue weighted by Gasteiger charge is 2.33. The van der Waals surface area contributed by atoms with Gasteiger partial charge in [-0.1, -0.05) is 33.1 Å². The standard InChI is InChI=1S/C19H30N8/c1-15(2)17(18-22-23-24-27(18)16-7-4-3-5-8-16)25-11-13-26(14-12-25)19-20-9-6-10-21-19/h6,9-10,15-17H,3-5,7-8,11-14H2,1-2H3/t17-/m0/s1. The summed E-state index contributed by atoms with van der Waals surface area (Å²) in [6, 6.07) is 2.57. The predicted octanol–water partition coefficient (Wildman–Crippen LogP) is 2.49. The van der Waals surface area contributed by atoms with Gasteiger partial charge in [0.2, 0.25) is 5.95 Å². The SMILES string of the molecule is CC(C)[C@@H](c1nnnn1C1CCCCC1)N1CCN(c2ncccn2)CC1. The number of tetrazole rings is 1. The summed E-state index contributed by atoms with van der Waals surface area (Å²) in [5, 5.41) is 13.0. The zero-order valence-corrected chi connectivity index (χ0v) is 16.4. The average molecular weight is 371 g/mol. The number of piperazine rings is 1. The minimum Gasteiger partial charge on any atom is -0.338 e. The van der Waals surface area contributed by atoms with Gasteiger partial charge in [-0.05, 0) is 35.3 Å². The van der Waals surface area contributed by atoms with Crippen molar-refractivity contribution >= 4 is 5.95 Å². The van der Waals surface area contributed by atoms with Gasteiger partial charge in [-0.25, -0.2) is 14.6 Å². The molecule has 0 amide bonds. The van der Waals surface area contributed by atoms with E-state index >= 15 is 0 Å². The smallest absolute Gasteiger partial charge is 0.225 e. The Bertz CT molecular complexity index is 702. The van der Waals surface area contributed by atoms with Crippen molar-refractivity contribution < 1.29 is 0 Å². The van der Waals surface area contributed by atoms with Crippen LogP contribution in [0.5, 0.6) is 0 Å². The molecule has 2 aromatic rings. The first-order valence-electron chi connectivity index (χ1n) is 10.3. The molecule has 8 nitrogen and oxygen atoms in total. The molecule has 0 unspecified atom stereocenters. The maximum atomic E-state index is 4.49. The maximum absolute atomic E-state index is 4.49. The number of hydrogen-bond acceptors (Lipinski definition) is 7. The Morgan fingerprint density at radius 2 is 1.67 bits per heavy atom. The number of aromatic nitrogens is 6. The zero-order valence-electron chi connectivity index (χ0n) is 16.4. The van der Waals surface area contributed by atoms with Crippen molar-refractivity contribution in [3.8, 4) is 0 Å². The third-order valence-corrected chi connectivity index (χ3v) is 5.88. The molecule has 1 saturated heterocycles. The Morgan fingerprint density at radius 3 is 2.33 bits per heavy atom. The highest BCUT2D eigenvalue weighted by Crippen LogP contribution is 2.33. The van der Waals surface area contributed by atoms with Crippen molar-refractivity contribution in [2.45, 2.75) is 58.0 Å². The molecule has 0 bridgehead atoms. The Morgan fingerprint density at radius 1 is 0.963 bits per heavy atom. The summed E-state index contributed by atoms with van der Waals surface area (Å²) in [6.45, 7) is 8.35. The normalized spacial score (nSPS) is 20.9. The molecule has 146 valence electrons. The molecule has 2 fully saturated rings. The van der Waals surface area contributed by atoms with Gasteiger partial charge < -0.3 is 4.90 Å². The highest BCUT2D eigenvalue weighted by atomic mass is 15.6. The van der Waals surface area contributed by atoms with Gasteiger partial charge in [-0.3, -0.25) is 4.90 Å². The molecule has 1 saturated carbocycles. The first-order valence-corrected chi connectivity index (χ1v) is 10.3. The van der Waals surface area contributed by atoms with Gasteiger partial charge >= 0.3 is 0 Å².